The number of carbonyl (C=O) groups excluding carboxylic acids is 1. The summed E-state index contributed by atoms with van der Waals surface area (Å²) < 4.78 is 7.18. The molecule has 0 radical (unpaired) electrons. The van der Waals surface area contributed by atoms with E-state index in [9.17, 15) is 4.79 Å². The Morgan fingerprint density at radius 3 is 2.65 bits per heavy atom. The molecule has 3 heterocycles. The molecule has 0 spiro atoms. The number of hydrogen-bond donors (Lipinski definition) is 0. The zero-order valence-corrected chi connectivity index (χ0v) is 12.2. The lowest BCUT2D eigenvalue weighted by atomic mass is 10.1. The first-order valence-electron chi connectivity index (χ1n) is 7.30. The Bertz CT molecular complexity index is 473. The second kappa shape index (κ2) is 5.54. The number of aromatic nitrogens is 2. The Hall–Kier alpha value is -1.40. The molecule has 0 aliphatic carbocycles. The van der Waals surface area contributed by atoms with Gasteiger partial charge in [0.05, 0.1) is 25.0 Å². The van der Waals surface area contributed by atoms with E-state index in [4.69, 9.17) is 4.74 Å². The first-order valence-corrected chi connectivity index (χ1v) is 7.30. The smallest absolute Gasteiger partial charge is 0.257 e. The van der Waals surface area contributed by atoms with E-state index >= 15 is 0 Å². The summed E-state index contributed by atoms with van der Waals surface area (Å²) in [5.74, 6) is 0.0985. The predicted octanol–water partition coefficient (Wildman–Crippen LogP) is 0.621. The average molecular weight is 278 g/mol. The largest absolute Gasteiger partial charge is 0.379 e. The van der Waals surface area contributed by atoms with E-state index in [1.807, 2.05) is 15.8 Å². The maximum Gasteiger partial charge on any atom is 0.257 e. The Kier molecular flexibility index (Phi) is 3.76. The van der Waals surface area contributed by atoms with Crippen molar-refractivity contribution >= 4 is 5.91 Å². The van der Waals surface area contributed by atoms with Gasteiger partial charge in [-0.05, 0) is 13.8 Å². The Morgan fingerprint density at radius 2 is 2.05 bits per heavy atom. The summed E-state index contributed by atoms with van der Waals surface area (Å²) in [5.41, 5.74) is 0.694. The van der Waals surface area contributed by atoms with E-state index in [-0.39, 0.29) is 11.9 Å². The molecular weight excluding hydrogens is 256 g/mol. The summed E-state index contributed by atoms with van der Waals surface area (Å²) in [4.78, 5) is 16.6. The van der Waals surface area contributed by atoms with E-state index in [0.29, 0.717) is 11.6 Å². The zero-order chi connectivity index (χ0) is 14.1. The average Bonchev–Trinajstić information content (AvgIpc) is 2.88. The molecule has 6 nitrogen and oxygen atoms in total. The second-order valence-electron chi connectivity index (χ2n) is 5.82. The highest BCUT2D eigenvalue weighted by Crippen LogP contribution is 2.19. The Labute approximate surface area is 119 Å². The molecule has 2 saturated heterocycles. The van der Waals surface area contributed by atoms with Crippen LogP contribution in [0.15, 0.2) is 12.4 Å². The third kappa shape index (κ3) is 2.58. The van der Waals surface area contributed by atoms with Crippen LogP contribution in [0.4, 0.5) is 0 Å². The van der Waals surface area contributed by atoms with Crippen LogP contribution in [-0.2, 0) is 4.74 Å². The molecule has 0 aromatic carbocycles. The number of ether oxygens (including phenoxy) is 1. The van der Waals surface area contributed by atoms with Crippen LogP contribution in [0.5, 0.6) is 0 Å². The molecule has 0 unspecified atom stereocenters. The first kappa shape index (κ1) is 13.6. The number of morpholine rings is 1. The van der Waals surface area contributed by atoms with Crippen LogP contribution in [0.25, 0.3) is 0 Å². The van der Waals surface area contributed by atoms with Crippen LogP contribution in [-0.4, -0.2) is 70.9 Å². The van der Waals surface area contributed by atoms with E-state index in [2.05, 4.69) is 23.8 Å². The summed E-state index contributed by atoms with van der Waals surface area (Å²) >= 11 is 0. The molecule has 0 atom stereocenters. The number of nitrogens with zero attached hydrogens (tertiary/aromatic N) is 4. The molecule has 2 fully saturated rings. The molecular formula is C14H22N4O2. The lowest BCUT2D eigenvalue weighted by Crippen LogP contribution is -2.62. The fourth-order valence-corrected chi connectivity index (χ4v) is 2.71. The van der Waals surface area contributed by atoms with Gasteiger partial charge in [0.15, 0.2) is 0 Å². The van der Waals surface area contributed by atoms with Crippen molar-refractivity contribution in [2.45, 2.75) is 25.9 Å². The van der Waals surface area contributed by atoms with Gasteiger partial charge in [0.25, 0.3) is 5.91 Å². The summed E-state index contributed by atoms with van der Waals surface area (Å²) in [6.07, 6.45) is 3.51. The standard InChI is InChI=1S/C14H22N4O2/c1-11(2)18-8-12(7-15-18)14(19)17-9-13(10-17)16-3-5-20-6-4-16/h7-8,11,13H,3-6,9-10H2,1-2H3. The first-order chi connectivity index (χ1) is 9.65. The molecule has 1 aromatic heterocycles. The molecule has 1 aromatic rings. The highest BCUT2D eigenvalue weighted by atomic mass is 16.5. The van der Waals surface area contributed by atoms with Crippen LogP contribution >= 0.6 is 0 Å². The minimum Gasteiger partial charge on any atom is -0.379 e. The molecule has 3 rings (SSSR count). The normalized spacial score (nSPS) is 21.2. The van der Waals surface area contributed by atoms with E-state index < -0.39 is 0 Å². The van der Waals surface area contributed by atoms with Gasteiger partial charge in [0, 0.05) is 44.5 Å². The van der Waals surface area contributed by atoms with Crippen LogP contribution in [0.1, 0.15) is 30.2 Å². The van der Waals surface area contributed by atoms with Gasteiger partial charge in [-0.25, -0.2) is 0 Å². The summed E-state index contributed by atoms with van der Waals surface area (Å²) in [5, 5.41) is 4.23. The SMILES string of the molecule is CC(C)n1cc(C(=O)N2CC(N3CCOCC3)C2)cn1. The van der Waals surface area contributed by atoms with Crippen LogP contribution in [0, 0.1) is 0 Å². The number of rotatable bonds is 3. The number of amides is 1. The van der Waals surface area contributed by atoms with E-state index in [1.165, 1.54) is 0 Å². The fraction of sp³-hybridized carbons (Fsp3) is 0.714. The highest BCUT2D eigenvalue weighted by Gasteiger charge is 2.36. The lowest BCUT2D eigenvalue weighted by molar-refractivity contribution is -0.0256. The third-order valence-electron chi connectivity index (χ3n) is 4.09. The molecule has 110 valence electrons. The van der Waals surface area contributed by atoms with Crippen LogP contribution in [0.2, 0.25) is 0 Å². The molecule has 0 saturated carbocycles. The Balaban J connectivity index is 1.54. The molecule has 6 heteroatoms. The second-order valence-corrected chi connectivity index (χ2v) is 5.82. The maximum atomic E-state index is 12.3. The molecule has 0 N–H and O–H groups in total. The highest BCUT2D eigenvalue weighted by molar-refractivity contribution is 5.94. The number of likely N-dealkylation sites (tertiary alicyclic amines) is 1. The summed E-state index contributed by atoms with van der Waals surface area (Å²) in [6, 6.07) is 0.789. The van der Waals surface area contributed by atoms with Gasteiger partial charge in [0.2, 0.25) is 0 Å². The number of carbonyl (C=O) groups is 1. The maximum absolute atomic E-state index is 12.3. The fourth-order valence-electron chi connectivity index (χ4n) is 2.71. The molecule has 2 aliphatic heterocycles. The topological polar surface area (TPSA) is 50.6 Å². The van der Waals surface area contributed by atoms with Gasteiger partial charge in [-0.2, -0.15) is 5.10 Å². The summed E-state index contributed by atoms with van der Waals surface area (Å²) in [6.45, 7) is 9.35. The van der Waals surface area contributed by atoms with Crippen LogP contribution < -0.4 is 0 Å². The zero-order valence-electron chi connectivity index (χ0n) is 12.2. The lowest BCUT2D eigenvalue weighted by Gasteiger charge is -2.46. The van der Waals surface area contributed by atoms with Crippen LogP contribution in [0.3, 0.4) is 0 Å². The summed E-state index contributed by atoms with van der Waals surface area (Å²) in [7, 11) is 0. The molecule has 2 aliphatic rings. The quantitative estimate of drug-likeness (QED) is 0.813. The van der Waals surface area contributed by atoms with Crippen molar-refractivity contribution in [3.05, 3.63) is 18.0 Å². The third-order valence-corrected chi connectivity index (χ3v) is 4.09. The van der Waals surface area contributed by atoms with Crippen molar-refractivity contribution in [2.24, 2.45) is 0 Å². The van der Waals surface area contributed by atoms with Crippen molar-refractivity contribution < 1.29 is 9.53 Å². The van der Waals surface area contributed by atoms with Crippen molar-refractivity contribution in [3.63, 3.8) is 0 Å². The minimum absolute atomic E-state index is 0.0985. The number of hydrogen-bond acceptors (Lipinski definition) is 4. The van der Waals surface area contributed by atoms with Gasteiger partial charge in [-0.3, -0.25) is 14.4 Å². The minimum atomic E-state index is 0.0985. The molecule has 1 amide bonds. The van der Waals surface area contributed by atoms with Gasteiger partial charge < -0.3 is 9.64 Å². The Morgan fingerprint density at radius 1 is 1.35 bits per heavy atom. The van der Waals surface area contributed by atoms with E-state index in [1.54, 1.807) is 6.20 Å². The predicted molar refractivity (Wildman–Crippen MR) is 74.7 cm³/mol. The molecule has 20 heavy (non-hydrogen) atoms. The van der Waals surface area contributed by atoms with Crippen molar-refractivity contribution in [2.75, 3.05) is 39.4 Å². The van der Waals surface area contributed by atoms with Gasteiger partial charge in [-0.1, -0.05) is 0 Å². The van der Waals surface area contributed by atoms with Gasteiger partial charge >= 0.3 is 0 Å². The van der Waals surface area contributed by atoms with Gasteiger partial charge in [-0.15, -0.1) is 0 Å². The molecule has 0 bridgehead atoms. The monoisotopic (exact) mass is 278 g/mol. The van der Waals surface area contributed by atoms with E-state index in [0.717, 1.165) is 39.4 Å². The van der Waals surface area contributed by atoms with Crippen molar-refractivity contribution in [1.29, 1.82) is 0 Å². The van der Waals surface area contributed by atoms with Crippen molar-refractivity contribution in [3.8, 4) is 0 Å². The van der Waals surface area contributed by atoms with Gasteiger partial charge in [0.1, 0.15) is 0 Å². The van der Waals surface area contributed by atoms with Crippen molar-refractivity contribution in [1.82, 2.24) is 19.6 Å².